The molecular formula is C23H24N4O3S. The van der Waals surface area contributed by atoms with Crippen LogP contribution in [0.5, 0.6) is 5.75 Å². The van der Waals surface area contributed by atoms with Gasteiger partial charge in [-0.25, -0.2) is 0 Å². The Morgan fingerprint density at radius 1 is 1.23 bits per heavy atom. The minimum absolute atomic E-state index is 0.0805. The minimum Gasteiger partial charge on any atom is -0.497 e. The van der Waals surface area contributed by atoms with Gasteiger partial charge in [-0.05, 0) is 23.6 Å². The lowest BCUT2D eigenvalue weighted by molar-refractivity contribution is -0.122. The summed E-state index contributed by atoms with van der Waals surface area (Å²) in [6.45, 7) is 2.47. The first kappa shape index (κ1) is 21.0. The van der Waals surface area contributed by atoms with Crippen molar-refractivity contribution in [2.45, 2.75) is 25.7 Å². The van der Waals surface area contributed by atoms with E-state index in [4.69, 9.17) is 4.74 Å². The highest BCUT2D eigenvalue weighted by molar-refractivity contribution is 7.15. The van der Waals surface area contributed by atoms with E-state index in [1.165, 1.54) is 16.9 Å². The van der Waals surface area contributed by atoms with E-state index in [1.54, 1.807) is 18.1 Å². The van der Waals surface area contributed by atoms with Gasteiger partial charge in [0, 0.05) is 31.1 Å². The van der Waals surface area contributed by atoms with E-state index in [-0.39, 0.29) is 18.2 Å². The number of carbonyl (C=O) groups is 2. The molecule has 0 saturated carbocycles. The van der Waals surface area contributed by atoms with E-state index in [0.29, 0.717) is 23.3 Å². The van der Waals surface area contributed by atoms with Crippen molar-refractivity contribution in [1.29, 1.82) is 0 Å². The fourth-order valence-electron chi connectivity index (χ4n) is 3.67. The van der Waals surface area contributed by atoms with Crippen molar-refractivity contribution >= 4 is 34.0 Å². The van der Waals surface area contributed by atoms with Gasteiger partial charge in [0.2, 0.25) is 16.9 Å². The molecule has 160 valence electrons. The van der Waals surface area contributed by atoms with Crippen molar-refractivity contribution in [3.05, 3.63) is 65.2 Å². The Kier molecular flexibility index (Phi) is 6.27. The molecule has 1 fully saturated rings. The summed E-state index contributed by atoms with van der Waals surface area (Å²) in [5.74, 6) is 0.251. The Morgan fingerprint density at radius 2 is 2.03 bits per heavy atom. The molecule has 8 heteroatoms. The summed E-state index contributed by atoms with van der Waals surface area (Å²) in [6.07, 6.45) is 0.919. The molecule has 7 nitrogen and oxygen atoms in total. The van der Waals surface area contributed by atoms with E-state index in [1.807, 2.05) is 36.4 Å². The number of benzene rings is 2. The van der Waals surface area contributed by atoms with Crippen molar-refractivity contribution in [1.82, 2.24) is 10.2 Å². The molecule has 1 N–H and O–H groups in total. The fraction of sp³-hybridized carbons (Fsp3) is 0.304. The van der Waals surface area contributed by atoms with Gasteiger partial charge in [0.25, 0.3) is 0 Å². The number of rotatable bonds is 7. The van der Waals surface area contributed by atoms with Crippen molar-refractivity contribution in [3.8, 4) is 5.75 Å². The smallest absolute Gasteiger partial charge is 0.231 e. The van der Waals surface area contributed by atoms with E-state index in [9.17, 15) is 9.59 Å². The van der Waals surface area contributed by atoms with E-state index in [0.717, 1.165) is 17.1 Å². The van der Waals surface area contributed by atoms with Crippen molar-refractivity contribution in [2.75, 3.05) is 23.9 Å². The Morgan fingerprint density at radius 3 is 2.81 bits per heavy atom. The van der Waals surface area contributed by atoms with Crippen LogP contribution in [0.1, 0.15) is 29.8 Å². The van der Waals surface area contributed by atoms with Gasteiger partial charge >= 0.3 is 0 Å². The Balaban J connectivity index is 1.36. The lowest BCUT2D eigenvalue weighted by atomic mass is 9.98. The maximum atomic E-state index is 12.7. The highest BCUT2D eigenvalue weighted by Gasteiger charge is 2.35. The molecule has 0 bridgehead atoms. The number of methoxy groups -OCH3 is 1. The Bertz CT molecular complexity index is 1070. The second-order valence-corrected chi connectivity index (χ2v) is 8.68. The third-order valence-electron chi connectivity index (χ3n) is 5.41. The zero-order valence-electron chi connectivity index (χ0n) is 17.4. The molecule has 31 heavy (non-hydrogen) atoms. The lowest BCUT2D eigenvalue weighted by Gasteiger charge is -2.17. The molecule has 1 aliphatic heterocycles. The topological polar surface area (TPSA) is 84.4 Å². The van der Waals surface area contributed by atoms with Gasteiger partial charge in [0.05, 0.1) is 13.0 Å². The molecule has 3 aromatic rings. The van der Waals surface area contributed by atoms with Crippen LogP contribution >= 0.6 is 11.3 Å². The van der Waals surface area contributed by atoms with Crippen LogP contribution in [0.25, 0.3) is 0 Å². The first-order valence-corrected chi connectivity index (χ1v) is 11.0. The fourth-order valence-corrected chi connectivity index (χ4v) is 4.54. The van der Waals surface area contributed by atoms with Crippen LogP contribution in [0.4, 0.5) is 10.8 Å². The largest absolute Gasteiger partial charge is 0.497 e. The highest BCUT2D eigenvalue weighted by Crippen LogP contribution is 2.29. The third-order valence-corrected chi connectivity index (χ3v) is 6.27. The number of ether oxygens (including phenoxy) is 1. The Hall–Kier alpha value is -3.26. The number of aromatic nitrogens is 2. The molecule has 2 aromatic carbocycles. The van der Waals surface area contributed by atoms with Gasteiger partial charge in [-0.3, -0.25) is 9.59 Å². The van der Waals surface area contributed by atoms with E-state index >= 15 is 0 Å². The quantitative estimate of drug-likeness (QED) is 0.608. The summed E-state index contributed by atoms with van der Waals surface area (Å²) in [5, 5.41) is 12.5. The zero-order chi connectivity index (χ0) is 21.8. The summed E-state index contributed by atoms with van der Waals surface area (Å²) >= 11 is 1.38. The third kappa shape index (κ3) is 4.91. The van der Waals surface area contributed by atoms with Gasteiger partial charge < -0.3 is 15.0 Å². The second kappa shape index (κ2) is 9.26. The van der Waals surface area contributed by atoms with Gasteiger partial charge in [-0.2, -0.15) is 0 Å². The average Bonchev–Trinajstić information content (AvgIpc) is 3.40. The first-order valence-electron chi connectivity index (χ1n) is 10.2. The highest BCUT2D eigenvalue weighted by atomic mass is 32.1. The molecule has 2 atom stereocenters. The van der Waals surface area contributed by atoms with Crippen LogP contribution in [0.15, 0.2) is 54.6 Å². The molecule has 0 radical (unpaired) electrons. The van der Waals surface area contributed by atoms with Gasteiger partial charge in [0.15, 0.2) is 0 Å². The predicted octanol–water partition coefficient (Wildman–Crippen LogP) is 3.88. The van der Waals surface area contributed by atoms with Gasteiger partial charge in [-0.1, -0.05) is 54.7 Å². The molecule has 4 rings (SSSR count). The van der Waals surface area contributed by atoms with E-state index < -0.39 is 5.92 Å². The minimum atomic E-state index is -0.436. The lowest BCUT2D eigenvalue weighted by Crippen LogP contribution is -2.28. The summed E-state index contributed by atoms with van der Waals surface area (Å²) in [7, 11) is 1.58. The summed E-state index contributed by atoms with van der Waals surface area (Å²) in [5.41, 5.74) is 1.97. The van der Waals surface area contributed by atoms with Crippen LogP contribution < -0.4 is 15.0 Å². The van der Waals surface area contributed by atoms with Crippen LogP contribution in [-0.2, 0) is 16.0 Å². The number of anilines is 2. The Labute approximate surface area is 185 Å². The molecule has 2 amide bonds. The number of amides is 2. The molecule has 1 saturated heterocycles. The van der Waals surface area contributed by atoms with Crippen LogP contribution in [0.3, 0.4) is 0 Å². The number of hydrogen-bond donors (Lipinski definition) is 1. The molecule has 2 heterocycles. The molecule has 0 aliphatic carbocycles. The zero-order valence-corrected chi connectivity index (χ0v) is 18.3. The van der Waals surface area contributed by atoms with Crippen molar-refractivity contribution in [3.63, 3.8) is 0 Å². The van der Waals surface area contributed by atoms with Crippen LogP contribution in [0, 0.1) is 5.92 Å². The summed E-state index contributed by atoms with van der Waals surface area (Å²) < 4.78 is 5.23. The number of nitrogens with one attached hydrogen (secondary N) is 1. The normalized spacial score (nSPS) is 16.9. The average molecular weight is 437 g/mol. The molecule has 0 spiro atoms. The van der Waals surface area contributed by atoms with Crippen LogP contribution in [0.2, 0.25) is 0 Å². The summed E-state index contributed by atoms with van der Waals surface area (Å²) in [6, 6.07) is 17.5. The maximum Gasteiger partial charge on any atom is 0.231 e. The maximum absolute atomic E-state index is 12.7. The SMILES string of the molecule is COc1cccc(N2C[C@H](C(=O)Nc3nnc(C[C@H](C)c4ccccc4)s3)CC2=O)c1. The standard InChI is InChI=1S/C23H24N4O3S/c1-15(16-7-4-3-5-8-16)11-20-25-26-23(31-20)24-22(29)17-12-21(28)27(14-17)18-9-6-10-19(13-18)30-2/h3-10,13,15,17H,11-12,14H2,1-2H3,(H,24,26,29)/t15-,17+/m0/s1. The molecule has 1 aliphatic rings. The van der Waals surface area contributed by atoms with Gasteiger partial charge in [0.1, 0.15) is 10.8 Å². The summed E-state index contributed by atoms with van der Waals surface area (Å²) in [4.78, 5) is 26.8. The van der Waals surface area contributed by atoms with Crippen molar-refractivity contribution in [2.24, 2.45) is 5.92 Å². The van der Waals surface area contributed by atoms with Gasteiger partial charge in [-0.15, -0.1) is 10.2 Å². The van der Waals surface area contributed by atoms with Crippen molar-refractivity contribution < 1.29 is 14.3 Å². The predicted molar refractivity (Wildman–Crippen MR) is 121 cm³/mol. The molecule has 1 aromatic heterocycles. The monoisotopic (exact) mass is 436 g/mol. The number of nitrogens with zero attached hydrogens (tertiary/aromatic N) is 3. The molecule has 0 unspecified atom stereocenters. The van der Waals surface area contributed by atoms with Crippen LogP contribution in [-0.4, -0.2) is 35.7 Å². The van der Waals surface area contributed by atoms with E-state index in [2.05, 4.69) is 34.6 Å². The number of carbonyl (C=O) groups excluding carboxylic acids is 2. The second-order valence-electron chi connectivity index (χ2n) is 7.61. The first-order chi connectivity index (χ1) is 15.0. The number of hydrogen-bond acceptors (Lipinski definition) is 6. The molecular weight excluding hydrogens is 412 g/mol.